The lowest BCUT2D eigenvalue weighted by atomic mass is 9.90. The molecule has 1 aliphatic heterocycles. The molecule has 1 fully saturated rings. The molecule has 1 aromatic rings. The Morgan fingerprint density at radius 3 is 2.41 bits per heavy atom. The van der Waals surface area contributed by atoms with Gasteiger partial charge in [0.1, 0.15) is 0 Å². The van der Waals surface area contributed by atoms with Gasteiger partial charge >= 0.3 is 6.01 Å². The first-order valence-electron chi connectivity index (χ1n) is 5.84. The van der Waals surface area contributed by atoms with Crippen LogP contribution in [-0.2, 0) is 11.3 Å². The molecule has 0 saturated carbocycles. The normalized spacial score (nSPS) is 18.8. The van der Waals surface area contributed by atoms with Gasteiger partial charge in [0, 0.05) is 44.7 Å². The first kappa shape index (κ1) is 12.3. The maximum absolute atomic E-state index is 5.53. The van der Waals surface area contributed by atoms with Gasteiger partial charge in [-0.1, -0.05) is 6.92 Å². The Bertz CT molecular complexity index is 355. The van der Waals surface area contributed by atoms with Crippen LogP contribution < -0.4 is 4.74 Å². The van der Waals surface area contributed by atoms with E-state index in [9.17, 15) is 0 Å². The van der Waals surface area contributed by atoms with Crippen molar-refractivity contribution >= 4 is 0 Å². The predicted octanol–water partition coefficient (Wildman–Crippen LogP) is 1.10. The van der Waals surface area contributed by atoms with E-state index in [1.54, 1.807) is 14.2 Å². The Balaban J connectivity index is 1.87. The minimum absolute atomic E-state index is 0.0628. The third-order valence-electron chi connectivity index (χ3n) is 3.37. The molecule has 0 N–H and O–H groups in total. The maximum Gasteiger partial charge on any atom is 0.316 e. The first-order valence-corrected chi connectivity index (χ1v) is 5.84. The molecule has 0 bridgehead atoms. The highest BCUT2D eigenvalue weighted by Gasteiger charge is 2.41. The van der Waals surface area contributed by atoms with Crippen LogP contribution in [0.1, 0.15) is 18.9 Å². The van der Waals surface area contributed by atoms with Gasteiger partial charge in [-0.2, -0.15) is 0 Å². The van der Waals surface area contributed by atoms with E-state index in [0.29, 0.717) is 6.01 Å². The van der Waals surface area contributed by atoms with E-state index in [-0.39, 0.29) is 5.60 Å². The van der Waals surface area contributed by atoms with Gasteiger partial charge in [-0.25, -0.2) is 9.97 Å². The number of methoxy groups -OCH3 is 2. The Kier molecular flexibility index (Phi) is 3.59. The number of likely N-dealkylation sites (tertiary alicyclic amines) is 1. The summed E-state index contributed by atoms with van der Waals surface area (Å²) in [5.41, 5.74) is 1.17. The predicted molar refractivity (Wildman–Crippen MR) is 63.9 cm³/mol. The lowest BCUT2D eigenvalue weighted by Gasteiger charge is -2.48. The molecule has 94 valence electrons. The number of rotatable bonds is 5. The number of nitrogens with zero attached hydrogens (tertiary/aromatic N) is 3. The van der Waals surface area contributed by atoms with Crippen LogP contribution >= 0.6 is 0 Å². The number of hydrogen-bond acceptors (Lipinski definition) is 5. The standard InChI is InChI=1S/C12H19N3O2/c1-4-12(17-3)8-15(9-12)7-10-5-13-11(16-2)14-6-10/h5-6H,4,7-9H2,1-3H3. The van der Waals surface area contributed by atoms with Gasteiger partial charge in [0.05, 0.1) is 12.7 Å². The molecule has 1 saturated heterocycles. The van der Waals surface area contributed by atoms with Gasteiger partial charge in [0.25, 0.3) is 0 Å². The monoisotopic (exact) mass is 237 g/mol. The van der Waals surface area contributed by atoms with Crippen molar-refractivity contribution in [1.82, 2.24) is 14.9 Å². The van der Waals surface area contributed by atoms with E-state index in [1.807, 2.05) is 12.4 Å². The van der Waals surface area contributed by atoms with Crippen LogP contribution in [0.15, 0.2) is 12.4 Å². The summed E-state index contributed by atoms with van der Waals surface area (Å²) < 4.78 is 10.5. The summed E-state index contributed by atoms with van der Waals surface area (Å²) in [4.78, 5) is 10.5. The van der Waals surface area contributed by atoms with Gasteiger partial charge in [0.15, 0.2) is 0 Å². The van der Waals surface area contributed by atoms with Gasteiger partial charge in [0.2, 0.25) is 0 Å². The third-order valence-corrected chi connectivity index (χ3v) is 3.37. The van der Waals surface area contributed by atoms with Crippen molar-refractivity contribution in [3.8, 4) is 6.01 Å². The van der Waals surface area contributed by atoms with Crippen molar-refractivity contribution in [1.29, 1.82) is 0 Å². The summed E-state index contributed by atoms with van der Waals surface area (Å²) in [7, 11) is 3.36. The van der Waals surface area contributed by atoms with E-state index in [0.717, 1.165) is 31.6 Å². The molecule has 0 spiro atoms. The number of hydrogen-bond donors (Lipinski definition) is 0. The number of ether oxygens (including phenoxy) is 2. The molecule has 2 rings (SSSR count). The summed E-state index contributed by atoms with van der Waals surface area (Å²) in [6.07, 6.45) is 4.67. The molecule has 5 nitrogen and oxygen atoms in total. The zero-order chi connectivity index (χ0) is 12.3. The molecule has 1 aliphatic rings. The molecule has 2 heterocycles. The second kappa shape index (κ2) is 4.98. The van der Waals surface area contributed by atoms with Crippen LogP contribution in [0.3, 0.4) is 0 Å². The Morgan fingerprint density at radius 1 is 1.29 bits per heavy atom. The van der Waals surface area contributed by atoms with E-state index >= 15 is 0 Å². The highest BCUT2D eigenvalue weighted by molar-refractivity contribution is 5.09. The van der Waals surface area contributed by atoms with Crippen LogP contribution in [0.25, 0.3) is 0 Å². The number of aromatic nitrogens is 2. The van der Waals surface area contributed by atoms with Crippen LogP contribution in [0.5, 0.6) is 6.01 Å². The average molecular weight is 237 g/mol. The molecule has 0 aromatic carbocycles. The second-order valence-electron chi connectivity index (χ2n) is 4.46. The van der Waals surface area contributed by atoms with Crippen molar-refractivity contribution in [3.05, 3.63) is 18.0 Å². The van der Waals surface area contributed by atoms with E-state index in [1.165, 1.54) is 0 Å². The molecule has 0 aliphatic carbocycles. The summed E-state index contributed by atoms with van der Waals surface area (Å²) in [6, 6.07) is 0.414. The molecule has 1 aromatic heterocycles. The molecule has 0 atom stereocenters. The Hall–Kier alpha value is -1.20. The molecule has 0 amide bonds. The highest BCUT2D eigenvalue weighted by atomic mass is 16.5. The summed E-state index contributed by atoms with van der Waals surface area (Å²) in [5, 5.41) is 0. The Morgan fingerprint density at radius 2 is 1.94 bits per heavy atom. The molecular weight excluding hydrogens is 218 g/mol. The van der Waals surface area contributed by atoms with Crippen molar-refractivity contribution in [2.75, 3.05) is 27.3 Å². The fraction of sp³-hybridized carbons (Fsp3) is 0.667. The largest absolute Gasteiger partial charge is 0.467 e. The fourth-order valence-electron chi connectivity index (χ4n) is 2.17. The van der Waals surface area contributed by atoms with Crippen molar-refractivity contribution in [2.45, 2.75) is 25.5 Å². The Labute approximate surface area is 102 Å². The van der Waals surface area contributed by atoms with Crippen molar-refractivity contribution in [3.63, 3.8) is 0 Å². The van der Waals surface area contributed by atoms with Gasteiger partial charge < -0.3 is 9.47 Å². The maximum atomic E-state index is 5.53. The van der Waals surface area contributed by atoms with Crippen molar-refractivity contribution < 1.29 is 9.47 Å². The zero-order valence-electron chi connectivity index (χ0n) is 10.6. The highest BCUT2D eigenvalue weighted by Crippen LogP contribution is 2.28. The lowest BCUT2D eigenvalue weighted by molar-refractivity contribution is -0.129. The molecule has 0 radical (unpaired) electrons. The third kappa shape index (κ3) is 2.56. The topological polar surface area (TPSA) is 47.5 Å². The molecule has 0 unspecified atom stereocenters. The lowest BCUT2D eigenvalue weighted by Crippen LogP contribution is -2.61. The van der Waals surface area contributed by atoms with Crippen LogP contribution in [-0.4, -0.2) is 47.8 Å². The molecular formula is C12H19N3O2. The van der Waals surface area contributed by atoms with Crippen LogP contribution in [0.2, 0.25) is 0 Å². The minimum Gasteiger partial charge on any atom is -0.467 e. The van der Waals surface area contributed by atoms with E-state index in [4.69, 9.17) is 9.47 Å². The average Bonchev–Trinajstić information content (AvgIpc) is 2.34. The van der Waals surface area contributed by atoms with Gasteiger partial charge in [-0.05, 0) is 6.42 Å². The smallest absolute Gasteiger partial charge is 0.316 e. The zero-order valence-corrected chi connectivity index (χ0v) is 10.6. The molecule has 5 heteroatoms. The van der Waals surface area contributed by atoms with Gasteiger partial charge in [-0.15, -0.1) is 0 Å². The van der Waals surface area contributed by atoms with Crippen molar-refractivity contribution in [2.24, 2.45) is 0 Å². The minimum atomic E-state index is 0.0628. The van der Waals surface area contributed by atoms with Crippen LogP contribution in [0.4, 0.5) is 0 Å². The fourth-order valence-corrected chi connectivity index (χ4v) is 2.17. The van der Waals surface area contributed by atoms with Crippen LogP contribution in [0, 0.1) is 0 Å². The second-order valence-corrected chi connectivity index (χ2v) is 4.46. The first-order chi connectivity index (χ1) is 8.21. The van der Waals surface area contributed by atoms with E-state index < -0.39 is 0 Å². The quantitative estimate of drug-likeness (QED) is 0.767. The molecule has 17 heavy (non-hydrogen) atoms. The SMILES string of the molecule is CCC1(OC)CN(Cc2cnc(OC)nc2)C1. The summed E-state index contributed by atoms with van der Waals surface area (Å²) in [6.45, 7) is 4.99. The summed E-state index contributed by atoms with van der Waals surface area (Å²) >= 11 is 0. The van der Waals surface area contributed by atoms with Gasteiger partial charge in [-0.3, -0.25) is 4.90 Å². The van der Waals surface area contributed by atoms with E-state index in [2.05, 4.69) is 21.8 Å². The summed E-state index contributed by atoms with van der Waals surface area (Å²) in [5.74, 6) is 0.